The van der Waals surface area contributed by atoms with E-state index in [0.29, 0.717) is 12.2 Å². The molecular formula is C15H30N2O. The molecule has 2 aliphatic rings. The van der Waals surface area contributed by atoms with Gasteiger partial charge in [-0.1, -0.05) is 0 Å². The summed E-state index contributed by atoms with van der Waals surface area (Å²) in [5, 5.41) is 3.66. The molecule has 2 rings (SSSR count). The van der Waals surface area contributed by atoms with E-state index < -0.39 is 0 Å². The molecule has 0 aromatic carbocycles. The summed E-state index contributed by atoms with van der Waals surface area (Å²) >= 11 is 0. The van der Waals surface area contributed by atoms with Crippen LogP contribution in [0.4, 0.5) is 0 Å². The van der Waals surface area contributed by atoms with E-state index in [-0.39, 0.29) is 5.54 Å². The molecule has 2 fully saturated rings. The van der Waals surface area contributed by atoms with E-state index >= 15 is 0 Å². The van der Waals surface area contributed by atoms with Crippen molar-refractivity contribution in [2.24, 2.45) is 5.92 Å². The van der Waals surface area contributed by atoms with Gasteiger partial charge in [0, 0.05) is 24.7 Å². The summed E-state index contributed by atoms with van der Waals surface area (Å²) in [6, 6.07) is 0.786. The molecule has 0 spiro atoms. The third kappa shape index (κ3) is 3.69. The minimum absolute atomic E-state index is 0.242. The van der Waals surface area contributed by atoms with Crippen molar-refractivity contribution in [3.05, 3.63) is 0 Å². The first-order valence-electron chi connectivity index (χ1n) is 7.49. The SMILES string of the molecule is C[C@@H]1CN(C2CCC2CNC(C)(C)C)C[C@H](C)O1. The fraction of sp³-hybridized carbons (Fsp3) is 1.00. The Kier molecular flexibility index (Phi) is 4.35. The van der Waals surface area contributed by atoms with Crippen molar-refractivity contribution < 1.29 is 4.74 Å². The first kappa shape index (κ1) is 14.3. The molecule has 0 radical (unpaired) electrons. The summed E-state index contributed by atoms with van der Waals surface area (Å²) in [6.07, 6.45) is 3.54. The molecule has 1 saturated heterocycles. The Morgan fingerprint density at radius 2 is 1.72 bits per heavy atom. The minimum atomic E-state index is 0.242. The van der Waals surface area contributed by atoms with Crippen LogP contribution in [0.25, 0.3) is 0 Å². The smallest absolute Gasteiger partial charge is 0.0678 e. The number of nitrogens with one attached hydrogen (secondary N) is 1. The van der Waals surface area contributed by atoms with Crippen molar-refractivity contribution in [3.8, 4) is 0 Å². The number of ether oxygens (including phenoxy) is 1. The quantitative estimate of drug-likeness (QED) is 0.836. The van der Waals surface area contributed by atoms with Gasteiger partial charge in [-0.15, -0.1) is 0 Å². The summed E-state index contributed by atoms with van der Waals surface area (Å²) in [4.78, 5) is 2.66. The zero-order valence-electron chi connectivity index (χ0n) is 12.7. The molecule has 4 atom stereocenters. The van der Waals surface area contributed by atoms with Crippen molar-refractivity contribution in [2.75, 3.05) is 19.6 Å². The highest BCUT2D eigenvalue weighted by Gasteiger charge is 2.38. The minimum Gasteiger partial charge on any atom is -0.373 e. The van der Waals surface area contributed by atoms with Crippen LogP contribution >= 0.6 is 0 Å². The molecule has 0 bridgehead atoms. The van der Waals surface area contributed by atoms with E-state index in [1.165, 1.54) is 12.8 Å². The first-order chi connectivity index (χ1) is 8.35. The highest BCUT2D eigenvalue weighted by molar-refractivity contribution is 4.93. The highest BCUT2D eigenvalue weighted by Crippen LogP contribution is 2.33. The van der Waals surface area contributed by atoms with Gasteiger partial charge < -0.3 is 10.1 Å². The molecule has 1 N–H and O–H groups in total. The van der Waals surface area contributed by atoms with Gasteiger partial charge in [0.1, 0.15) is 0 Å². The molecule has 3 heteroatoms. The van der Waals surface area contributed by atoms with Crippen LogP contribution in [0.1, 0.15) is 47.5 Å². The maximum atomic E-state index is 5.83. The third-order valence-electron chi connectivity index (χ3n) is 4.19. The lowest BCUT2D eigenvalue weighted by Crippen LogP contribution is -2.58. The zero-order valence-corrected chi connectivity index (χ0v) is 12.7. The molecule has 18 heavy (non-hydrogen) atoms. The Morgan fingerprint density at radius 1 is 1.11 bits per heavy atom. The molecule has 3 nitrogen and oxygen atoms in total. The third-order valence-corrected chi connectivity index (χ3v) is 4.19. The molecule has 106 valence electrons. The molecule has 1 saturated carbocycles. The van der Waals surface area contributed by atoms with Gasteiger partial charge in [0.15, 0.2) is 0 Å². The van der Waals surface area contributed by atoms with E-state index in [4.69, 9.17) is 4.74 Å². The number of hydrogen-bond donors (Lipinski definition) is 1. The Balaban J connectivity index is 1.82. The van der Waals surface area contributed by atoms with Gasteiger partial charge in [0.05, 0.1) is 12.2 Å². The molecule has 1 aliphatic heterocycles. The lowest BCUT2D eigenvalue weighted by Gasteiger charge is -2.49. The van der Waals surface area contributed by atoms with Crippen molar-refractivity contribution in [3.63, 3.8) is 0 Å². The van der Waals surface area contributed by atoms with Crippen LogP contribution in [-0.2, 0) is 4.74 Å². The van der Waals surface area contributed by atoms with Crippen LogP contribution in [0.15, 0.2) is 0 Å². The van der Waals surface area contributed by atoms with Crippen LogP contribution in [0.2, 0.25) is 0 Å². The second kappa shape index (κ2) is 5.48. The monoisotopic (exact) mass is 254 g/mol. The number of morpholine rings is 1. The fourth-order valence-electron chi connectivity index (χ4n) is 3.20. The Bertz CT molecular complexity index is 264. The van der Waals surface area contributed by atoms with Crippen LogP contribution in [0.3, 0.4) is 0 Å². The van der Waals surface area contributed by atoms with E-state index in [1.807, 2.05) is 0 Å². The topological polar surface area (TPSA) is 24.5 Å². The fourth-order valence-corrected chi connectivity index (χ4v) is 3.20. The molecule has 0 aromatic heterocycles. The van der Waals surface area contributed by atoms with Gasteiger partial charge in [-0.25, -0.2) is 0 Å². The second-order valence-electron chi connectivity index (χ2n) is 7.25. The van der Waals surface area contributed by atoms with Crippen molar-refractivity contribution >= 4 is 0 Å². The first-order valence-corrected chi connectivity index (χ1v) is 7.49. The molecule has 0 amide bonds. The van der Waals surface area contributed by atoms with Crippen LogP contribution in [0.5, 0.6) is 0 Å². The largest absolute Gasteiger partial charge is 0.373 e. The summed E-state index contributed by atoms with van der Waals surface area (Å²) in [5.41, 5.74) is 0.242. The van der Waals surface area contributed by atoms with Gasteiger partial charge in [-0.05, 0) is 59.9 Å². The van der Waals surface area contributed by atoms with Gasteiger partial charge >= 0.3 is 0 Å². The lowest BCUT2D eigenvalue weighted by atomic mass is 9.77. The molecule has 0 aromatic rings. The van der Waals surface area contributed by atoms with Crippen LogP contribution < -0.4 is 5.32 Å². The maximum absolute atomic E-state index is 5.83. The van der Waals surface area contributed by atoms with Crippen molar-refractivity contribution in [2.45, 2.75) is 71.2 Å². The van der Waals surface area contributed by atoms with Crippen LogP contribution in [0, 0.1) is 5.92 Å². The van der Waals surface area contributed by atoms with E-state index in [1.54, 1.807) is 0 Å². The van der Waals surface area contributed by atoms with Crippen molar-refractivity contribution in [1.29, 1.82) is 0 Å². The Morgan fingerprint density at radius 3 is 2.17 bits per heavy atom. The summed E-state index contributed by atoms with van der Waals surface area (Å²) in [5.74, 6) is 0.835. The van der Waals surface area contributed by atoms with Gasteiger partial charge in [-0.2, -0.15) is 0 Å². The standard InChI is InChI=1S/C15H30N2O/c1-11-9-17(10-12(2)18-11)14-7-6-13(14)8-16-15(3,4)5/h11-14,16H,6-10H2,1-5H3/t11-,12+,13?,14?. The predicted molar refractivity (Wildman–Crippen MR) is 75.8 cm³/mol. The average Bonchev–Trinajstić information content (AvgIpc) is 2.11. The van der Waals surface area contributed by atoms with Gasteiger partial charge in [-0.3, -0.25) is 4.90 Å². The van der Waals surface area contributed by atoms with Crippen LogP contribution in [-0.4, -0.2) is 48.3 Å². The maximum Gasteiger partial charge on any atom is 0.0678 e. The van der Waals surface area contributed by atoms with Gasteiger partial charge in [0.2, 0.25) is 0 Å². The zero-order chi connectivity index (χ0) is 13.3. The summed E-state index contributed by atoms with van der Waals surface area (Å²) < 4.78 is 5.83. The normalized spacial score (nSPS) is 38.5. The molecule has 1 heterocycles. The van der Waals surface area contributed by atoms with Gasteiger partial charge in [0.25, 0.3) is 0 Å². The number of nitrogens with zero attached hydrogens (tertiary/aromatic N) is 1. The average molecular weight is 254 g/mol. The number of rotatable bonds is 3. The summed E-state index contributed by atoms with van der Waals surface area (Å²) in [7, 11) is 0. The second-order valence-corrected chi connectivity index (χ2v) is 7.25. The molecule has 2 unspecified atom stereocenters. The van der Waals surface area contributed by atoms with E-state index in [2.05, 4.69) is 44.8 Å². The summed E-state index contributed by atoms with van der Waals surface area (Å²) in [6.45, 7) is 14.5. The van der Waals surface area contributed by atoms with E-state index in [9.17, 15) is 0 Å². The molecular weight excluding hydrogens is 224 g/mol. The Labute approximate surface area is 112 Å². The Hall–Kier alpha value is -0.120. The predicted octanol–water partition coefficient (Wildman–Crippen LogP) is 2.26. The van der Waals surface area contributed by atoms with E-state index in [0.717, 1.165) is 31.6 Å². The highest BCUT2D eigenvalue weighted by atomic mass is 16.5. The van der Waals surface area contributed by atoms with Crippen molar-refractivity contribution in [1.82, 2.24) is 10.2 Å². The lowest BCUT2D eigenvalue weighted by molar-refractivity contribution is -0.101. The molecule has 1 aliphatic carbocycles. The number of hydrogen-bond acceptors (Lipinski definition) is 3.